The molecule has 0 saturated heterocycles. The Balaban J connectivity index is 1.70. The third-order valence-electron chi connectivity index (χ3n) is 4.89. The van der Waals surface area contributed by atoms with Crippen LogP contribution in [-0.4, -0.2) is 29.1 Å². The van der Waals surface area contributed by atoms with Gasteiger partial charge in [0.1, 0.15) is 6.42 Å². The largest absolute Gasteiger partial charge is 0.397 e. The lowest BCUT2D eigenvalue weighted by molar-refractivity contribution is -0.153. The van der Waals surface area contributed by atoms with E-state index < -0.39 is 36.8 Å². The van der Waals surface area contributed by atoms with E-state index in [1.165, 1.54) is 22.9 Å². The van der Waals surface area contributed by atoms with E-state index in [-0.39, 0.29) is 16.0 Å². The zero-order chi connectivity index (χ0) is 24.3. The maximum Gasteiger partial charge on any atom is 0.397 e. The number of alkyl halides is 3. The molecule has 1 aromatic heterocycles. The number of hydrogen-bond acceptors (Lipinski definition) is 2. The molecule has 0 aliphatic carbocycles. The van der Waals surface area contributed by atoms with Crippen LogP contribution in [0, 0.1) is 5.82 Å². The summed E-state index contributed by atoms with van der Waals surface area (Å²) in [6.45, 7) is 1.35. The minimum Gasteiger partial charge on any atom is -0.347 e. The Labute approximate surface area is 196 Å². The zero-order valence-electron chi connectivity index (χ0n) is 17.2. The lowest BCUT2D eigenvalue weighted by Crippen LogP contribution is -2.34. The van der Waals surface area contributed by atoms with E-state index in [0.29, 0.717) is 5.52 Å². The van der Waals surface area contributed by atoms with Gasteiger partial charge in [0, 0.05) is 11.6 Å². The van der Waals surface area contributed by atoms with Gasteiger partial charge in [-0.15, -0.1) is 0 Å². The Morgan fingerprint density at radius 2 is 1.79 bits per heavy atom. The van der Waals surface area contributed by atoms with Gasteiger partial charge in [0.05, 0.1) is 22.1 Å². The molecule has 1 amide bonds. The van der Waals surface area contributed by atoms with Crippen molar-refractivity contribution < 1.29 is 27.2 Å². The van der Waals surface area contributed by atoms with Crippen LogP contribution >= 0.6 is 23.2 Å². The van der Waals surface area contributed by atoms with Crippen LogP contribution in [0.25, 0.3) is 17.0 Å². The number of nitrogens with one attached hydrogen (secondary N) is 1. The molecule has 3 aromatic rings. The Morgan fingerprint density at radius 1 is 1.12 bits per heavy atom. The Bertz CT molecular complexity index is 1210. The van der Waals surface area contributed by atoms with Gasteiger partial charge in [0.15, 0.2) is 5.82 Å². The molecule has 10 heteroatoms. The normalized spacial score (nSPS) is 12.9. The van der Waals surface area contributed by atoms with E-state index in [0.717, 1.165) is 16.5 Å². The van der Waals surface area contributed by atoms with Crippen molar-refractivity contribution in [3.8, 4) is 0 Å². The summed E-state index contributed by atoms with van der Waals surface area (Å²) in [6, 6.07) is 10.0. The molecule has 1 N–H and O–H groups in total. The number of fused-ring (bicyclic) bond motifs is 1. The molecule has 3 rings (SSSR count). The first-order chi connectivity index (χ1) is 15.4. The van der Waals surface area contributed by atoms with Crippen molar-refractivity contribution in [2.75, 3.05) is 6.54 Å². The minimum atomic E-state index is -4.64. The fourth-order valence-electron chi connectivity index (χ4n) is 3.19. The molecule has 0 fully saturated rings. The summed E-state index contributed by atoms with van der Waals surface area (Å²) in [5.41, 5.74) is 2.12. The number of rotatable bonds is 6. The Hall–Kier alpha value is -2.84. The van der Waals surface area contributed by atoms with Gasteiger partial charge in [-0.3, -0.25) is 14.2 Å². The molecule has 174 valence electrons. The van der Waals surface area contributed by atoms with Crippen LogP contribution < -0.4 is 5.32 Å². The lowest BCUT2D eigenvalue weighted by Gasteiger charge is -2.09. The van der Waals surface area contributed by atoms with Gasteiger partial charge in [-0.25, -0.2) is 4.39 Å². The maximum atomic E-state index is 13.6. The fraction of sp³-hybridized carbons (Fsp3) is 0.217. The van der Waals surface area contributed by atoms with Crippen LogP contribution in [0.5, 0.6) is 0 Å². The first kappa shape index (κ1) is 24.8. The molecular weight excluding hydrogens is 483 g/mol. The highest BCUT2D eigenvalue weighted by Crippen LogP contribution is 2.29. The van der Waals surface area contributed by atoms with Gasteiger partial charge >= 0.3 is 6.18 Å². The van der Waals surface area contributed by atoms with Crippen molar-refractivity contribution in [3.05, 3.63) is 75.7 Å². The van der Waals surface area contributed by atoms with Crippen LogP contribution in [0.4, 0.5) is 17.6 Å². The average Bonchev–Trinajstić information content (AvgIpc) is 3.16. The van der Waals surface area contributed by atoms with Crippen molar-refractivity contribution >= 4 is 52.0 Å². The molecule has 2 aromatic carbocycles. The van der Waals surface area contributed by atoms with E-state index >= 15 is 0 Å². The summed E-state index contributed by atoms with van der Waals surface area (Å²) in [6.07, 6.45) is -1.05. The second-order valence-corrected chi connectivity index (χ2v) is 8.23. The van der Waals surface area contributed by atoms with Gasteiger partial charge in [0.2, 0.25) is 11.8 Å². The second kappa shape index (κ2) is 9.97. The van der Waals surface area contributed by atoms with Crippen molar-refractivity contribution in [1.82, 2.24) is 9.88 Å². The predicted octanol–water partition coefficient (Wildman–Crippen LogP) is 6.61. The number of amides is 1. The molecule has 1 heterocycles. The van der Waals surface area contributed by atoms with Crippen molar-refractivity contribution in [2.24, 2.45) is 0 Å². The third-order valence-corrected chi connectivity index (χ3v) is 5.44. The number of benzene rings is 2. The van der Waals surface area contributed by atoms with E-state index in [4.69, 9.17) is 23.2 Å². The number of aromatic nitrogens is 1. The van der Waals surface area contributed by atoms with Gasteiger partial charge in [-0.05, 0) is 47.4 Å². The molecule has 1 atom stereocenters. The summed E-state index contributed by atoms with van der Waals surface area (Å²) in [4.78, 5) is 23.6. The Kier molecular flexibility index (Phi) is 7.49. The van der Waals surface area contributed by atoms with Crippen molar-refractivity contribution in [3.63, 3.8) is 0 Å². The topological polar surface area (TPSA) is 51.1 Å². The molecule has 0 aliphatic heterocycles. The fourth-order valence-corrected chi connectivity index (χ4v) is 3.69. The highest BCUT2D eigenvalue weighted by Gasteiger charge is 2.31. The number of hydrogen-bond donors (Lipinski definition) is 1. The summed E-state index contributed by atoms with van der Waals surface area (Å²) in [5, 5.41) is 2.60. The van der Waals surface area contributed by atoms with Gasteiger partial charge in [-0.1, -0.05) is 48.3 Å². The van der Waals surface area contributed by atoms with Crippen LogP contribution in [0.1, 0.15) is 35.2 Å². The molecule has 0 radical (unpaired) electrons. The number of allylic oxidation sites excluding steroid dienone is 1. The molecule has 0 spiro atoms. The summed E-state index contributed by atoms with van der Waals surface area (Å²) in [5.74, 6) is -2.61. The second-order valence-electron chi connectivity index (χ2n) is 7.41. The smallest absolute Gasteiger partial charge is 0.347 e. The van der Waals surface area contributed by atoms with Gasteiger partial charge in [-0.2, -0.15) is 13.2 Å². The third kappa shape index (κ3) is 6.36. The molecule has 0 aliphatic rings. The van der Waals surface area contributed by atoms with Crippen LogP contribution in [0.2, 0.25) is 10.0 Å². The van der Waals surface area contributed by atoms with Crippen LogP contribution in [0.3, 0.4) is 0 Å². The van der Waals surface area contributed by atoms with E-state index in [1.807, 2.05) is 30.5 Å². The number of carbonyl (C=O) groups is 2. The van der Waals surface area contributed by atoms with E-state index in [2.05, 4.69) is 0 Å². The first-order valence-corrected chi connectivity index (χ1v) is 10.5. The number of halogens is 6. The predicted molar refractivity (Wildman–Crippen MR) is 120 cm³/mol. The van der Waals surface area contributed by atoms with Gasteiger partial charge in [0.25, 0.3) is 0 Å². The quantitative estimate of drug-likeness (QED) is 0.305. The molecule has 1 unspecified atom stereocenters. The summed E-state index contributed by atoms with van der Waals surface area (Å²) >= 11 is 11.7. The molecule has 33 heavy (non-hydrogen) atoms. The highest BCUT2D eigenvalue weighted by molar-refractivity contribution is 6.35. The minimum absolute atomic E-state index is 0.0558. The van der Waals surface area contributed by atoms with Crippen molar-refractivity contribution in [2.45, 2.75) is 25.4 Å². The van der Waals surface area contributed by atoms with E-state index in [9.17, 15) is 27.2 Å². The Morgan fingerprint density at radius 3 is 2.42 bits per heavy atom. The zero-order valence-corrected chi connectivity index (χ0v) is 18.7. The summed E-state index contributed by atoms with van der Waals surface area (Å²) < 4.78 is 51.6. The van der Waals surface area contributed by atoms with Crippen LogP contribution in [0.15, 0.2) is 48.7 Å². The lowest BCUT2D eigenvalue weighted by atomic mass is 9.99. The molecular formula is C23H18Cl2F4N2O2. The van der Waals surface area contributed by atoms with Crippen LogP contribution in [-0.2, 0) is 4.79 Å². The molecule has 0 saturated carbocycles. The molecule has 4 nitrogen and oxygen atoms in total. The maximum absolute atomic E-state index is 13.6. The SMILES string of the molecule is CC(/C=C/c1ccc2c(ccn2C(=O)CNC(=O)CC(F)(F)F)c1)c1cc(Cl)c(F)c(Cl)c1. The summed E-state index contributed by atoms with van der Waals surface area (Å²) in [7, 11) is 0. The average molecular weight is 501 g/mol. The molecule has 0 bridgehead atoms. The highest BCUT2D eigenvalue weighted by atomic mass is 35.5. The van der Waals surface area contributed by atoms with Gasteiger partial charge < -0.3 is 5.32 Å². The first-order valence-electron chi connectivity index (χ1n) is 9.75. The van der Waals surface area contributed by atoms with E-state index in [1.54, 1.807) is 18.2 Å². The standard InChI is InChI=1S/C23H18Cl2F4N2O2/c1-13(16-9-17(24)22(26)18(25)10-16)2-3-14-4-5-19-15(8-14)6-7-31(19)21(33)12-30-20(32)11-23(27,28)29/h2-10,13H,11-12H2,1H3,(H,30,32)/b3-2+. The number of nitrogens with zero attached hydrogens (tertiary/aromatic N) is 1. The van der Waals surface area contributed by atoms with Crippen molar-refractivity contribution in [1.29, 1.82) is 0 Å². The number of carbonyl (C=O) groups excluding carboxylic acids is 2. The monoisotopic (exact) mass is 500 g/mol.